The van der Waals surface area contributed by atoms with E-state index in [0.29, 0.717) is 11.7 Å². The molecule has 6 nitrogen and oxygen atoms in total. The summed E-state index contributed by atoms with van der Waals surface area (Å²) in [4.78, 5) is 13.3. The predicted molar refractivity (Wildman–Crippen MR) is 102 cm³/mol. The Bertz CT molecular complexity index is 849. The van der Waals surface area contributed by atoms with Crippen molar-refractivity contribution in [1.29, 1.82) is 0 Å². The molecule has 0 aliphatic carbocycles. The highest BCUT2D eigenvalue weighted by Crippen LogP contribution is 2.19. The van der Waals surface area contributed by atoms with Gasteiger partial charge in [-0.05, 0) is 37.1 Å². The second-order valence-electron chi connectivity index (χ2n) is 5.83. The molecule has 134 valence electrons. The lowest BCUT2D eigenvalue weighted by atomic mass is 10.1. The third-order valence-electron chi connectivity index (χ3n) is 3.94. The fraction of sp³-hybridized carbons (Fsp3) is 0.250. The van der Waals surface area contributed by atoms with E-state index in [1.807, 2.05) is 31.2 Å². The van der Waals surface area contributed by atoms with Gasteiger partial charge in [0.2, 0.25) is 5.88 Å². The van der Waals surface area contributed by atoms with Gasteiger partial charge < -0.3 is 14.8 Å². The molecule has 0 radical (unpaired) electrons. The van der Waals surface area contributed by atoms with Crippen molar-refractivity contribution in [3.05, 3.63) is 59.9 Å². The van der Waals surface area contributed by atoms with Crippen molar-refractivity contribution in [2.24, 2.45) is 0 Å². The van der Waals surface area contributed by atoms with E-state index in [9.17, 15) is 0 Å². The number of ether oxygens (including phenoxy) is 2. The Morgan fingerprint density at radius 2 is 1.77 bits per heavy atom. The minimum atomic E-state index is 0.569. The average Bonchev–Trinajstić information content (AvgIpc) is 2.68. The fourth-order valence-electron chi connectivity index (χ4n) is 2.55. The van der Waals surface area contributed by atoms with E-state index in [4.69, 9.17) is 9.47 Å². The van der Waals surface area contributed by atoms with Crippen LogP contribution in [0.3, 0.4) is 0 Å². The largest absolute Gasteiger partial charge is 0.497 e. The first-order chi connectivity index (χ1) is 12.7. The van der Waals surface area contributed by atoms with Crippen molar-refractivity contribution in [3.63, 3.8) is 0 Å². The number of aromatic nitrogens is 3. The monoisotopic (exact) mass is 350 g/mol. The number of aryl methyl sites for hydroxylation is 1. The highest BCUT2D eigenvalue weighted by atomic mass is 16.5. The van der Waals surface area contributed by atoms with Crippen molar-refractivity contribution < 1.29 is 9.47 Å². The molecule has 6 heteroatoms. The van der Waals surface area contributed by atoms with Crippen molar-refractivity contribution in [2.45, 2.75) is 13.3 Å². The maximum Gasteiger partial charge on any atom is 0.212 e. The predicted octanol–water partition coefficient (Wildman–Crippen LogP) is 3.52. The van der Waals surface area contributed by atoms with Crippen LogP contribution in [0.4, 0.5) is 5.82 Å². The minimum Gasteiger partial charge on any atom is -0.497 e. The third-order valence-corrected chi connectivity index (χ3v) is 3.94. The summed E-state index contributed by atoms with van der Waals surface area (Å²) in [5, 5.41) is 3.37. The van der Waals surface area contributed by atoms with E-state index in [-0.39, 0.29) is 0 Å². The number of hydrogen-bond acceptors (Lipinski definition) is 6. The zero-order valence-corrected chi connectivity index (χ0v) is 15.2. The van der Waals surface area contributed by atoms with Crippen LogP contribution in [0.5, 0.6) is 11.6 Å². The highest BCUT2D eigenvalue weighted by molar-refractivity contribution is 5.57. The van der Waals surface area contributed by atoms with Crippen LogP contribution in [0.1, 0.15) is 11.3 Å². The van der Waals surface area contributed by atoms with Gasteiger partial charge in [-0.1, -0.05) is 12.1 Å². The number of benzene rings is 1. The molecule has 0 unspecified atom stereocenters. The van der Waals surface area contributed by atoms with E-state index < -0.39 is 0 Å². The molecule has 0 saturated carbocycles. The lowest BCUT2D eigenvalue weighted by Gasteiger charge is -2.09. The lowest BCUT2D eigenvalue weighted by molar-refractivity contribution is 0.398. The van der Waals surface area contributed by atoms with Crippen LogP contribution in [0.2, 0.25) is 0 Å². The van der Waals surface area contributed by atoms with Gasteiger partial charge in [0.25, 0.3) is 0 Å². The van der Waals surface area contributed by atoms with Crippen LogP contribution in [0.15, 0.2) is 48.7 Å². The van der Waals surface area contributed by atoms with Crippen LogP contribution in [-0.4, -0.2) is 35.7 Å². The van der Waals surface area contributed by atoms with Gasteiger partial charge in [0.1, 0.15) is 11.6 Å². The molecular formula is C20H22N4O2. The molecule has 0 spiro atoms. The molecule has 2 heterocycles. The Morgan fingerprint density at radius 3 is 2.42 bits per heavy atom. The van der Waals surface area contributed by atoms with Crippen molar-refractivity contribution in [1.82, 2.24) is 15.0 Å². The second-order valence-corrected chi connectivity index (χ2v) is 5.83. The zero-order chi connectivity index (χ0) is 18.4. The molecule has 0 amide bonds. The summed E-state index contributed by atoms with van der Waals surface area (Å²) in [7, 11) is 3.26. The number of methoxy groups -OCH3 is 2. The number of hydrogen-bond donors (Lipinski definition) is 1. The quantitative estimate of drug-likeness (QED) is 0.703. The third kappa shape index (κ3) is 4.47. The molecule has 3 rings (SSSR count). The molecule has 0 fully saturated rings. The second kappa shape index (κ2) is 8.29. The van der Waals surface area contributed by atoms with Crippen LogP contribution in [0.25, 0.3) is 11.4 Å². The number of nitrogens with one attached hydrogen (secondary N) is 1. The van der Waals surface area contributed by atoms with Gasteiger partial charge in [0, 0.05) is 36.1 Å². The molecule has 0 aliphatic heterocycles. The first-order valence-electron chi connectivity index (χ1n) is 8.41. The maximum absolute atomic E-state index is 5.18. The number of nitrogens with zero attached hydrogens (tertiary/aromatic N) is 3. The van der Waals surface area contributed by atoms with Crippen LogP contribution in [0, 0.1) is 6.92 Å². The highest BCUT2D eigenvalue weighted by Gasteiger charge is 2.06. The average molecular weight is 350 g/mol. The Hall–Kier alpha value is -3.15. The van der Waals surface area contributed by atoms with Crippen LogP contribution in [-0.2, 0) is 6.42 Å². The first-order valence-corrected chi connectivity index (χ1v) is 8.41. The Kier molecular flexibility index (Phi) is 5.63. The van der Waals surface area contributed by atoms with Gasteiger partial charge in [0.05, 0.1) is 14.2 Å². The van der Waals surface area contributed by atoms with Gasteiger partial charge in [-0.3, -0.25) is 0 Å². The van der Waals surface area contributed by atoms with Crippen molar-refractivity contribution in [3.8, 4) is 23.0 Å². The van der Waals surface area contributed by atoms with Crippen molar-refractivity contribution in [2.75, 3.05) is 26.1 Å². The van der Waals surface area contributed by atoms with E-state index >= 15 is 0 Å². The van der Waals surface area contributed by atoms with E-state index in [2.05, 4.69) is 32.4 Å². The molecule has 0 saturated heterocycles. The van der Waals surface area contributed by atoms with Crippen LogP contribution < -0.4 is 14.8 Å². The molecule has 0 aliphatic rings. The molecule has 2 aromatic heterocycles. The van der Waals surface area contributed by atoms with E-state index in [1.165, 1.54) is 5.56 Å². The summed E-state index contributed by atoms with van der Waals surface area (Å²) in [5.74, 6) is 2.88. The minimum absolute atomic E-state index is 0.569. The molecule has 0 bridgehead atoms. The smallest absolute Gasteiger partial charge is 0.212 e. The maximum atomic E-state index is 5.18. The Morgan fingerprint density at radius 1 is 0.962 bits per heavy atom. The van der Waals surface area contributed by atoms with Gasteiger partial charge in [-0.15, -0.1) is 0 Å². The van der Waals surface area contributed by atoms with Gasteiger partial charge >= 0.3 is 0 Å². The standard InChI is InChI=1S/C20H22N4O2/c1-14-12-18(21-11-10-15-4-7-17(25-2)8-5-15)24-20(23-14)16-6-9-19(26-3)22-13-16/h4-9,12-13H,10-11H2,1-3H3,(H,21,23,24). The Balaban J connectivity index is 1.66. The van der Waals surface area contributed by atoms with Gasteiger partial charge in [-0.2, -0.15) is 0 Å². The van der Waals surface area contributed by atoms with Crippen LogP contribution >= 0.6 is 0 Å². The molecule has 1 N–H and O–H groups in total. The molecular weight excluding hydrogens is 328 g/mol. The normalized spacial score (nSPS) is 10.4. The zero-order valence-electron chi connectivity index (χ0n) is 15.2. The summed E-state index contributed by atoms with van der Waals surface area (Å²) in [6.07, 6.45) is 2.61. The first kappa shape index (κ1) is 17.7. The van der Waals surface area contributed by atoms with E-state index in [1.54, 1.807) is 26.5 Å². The molecule has 1 aromatic carbocycles. The number of pyridine rings is 1. The summed E-state index contributed by atoms with van der Waals surface area (Å²) in [6, 6.07) is 13.7. The number of rotatable bonds is 7. The van der Waals surface area contributed by atoms with E-state index in [0.717, 1.165) is 35.8 Å². The summed E-state index contributed by atoms with van der Waals surface area (Å²) in [6.45, 7) is 2.74. The molecule has 3 aromatic rings. The molecule has 26 heavy (non-hydrogen) atoms. The fourth-order valence-corrected chi connectivity index (χ4v) is 2.55. The topological polar surface area (TPSA) is 69.2 Å². The summed E-state index contributed by atoms with van der Waals surface area (Å²) < 4.78 is 10.3. The Labute approximate surface area is 153 Å². The van der Waals surface area contributed by atoms with Gasteiger partial charge in [0.15, 0.2) is 5.82 Å². The van der Waals surface area contributed by atoms with Gasteiger partial charge in [-0.25, -0.2) is 15.0 Å². The summed E-state index contributed by atoms with van der Waals surface area (Å²) in [5.41, 5.74) is 2.99. The lowest BCUT2D eigenvalue weighted by Crippen LogP contribution is -2.08. The summed E-state index contributed by atoms with van der Waals surface area (Å²) >= 11 is 0. The van der Waals surface area contributed by atoms with Crippen molar-refractivity contribution >= 4 is 5.82 Å². The molecule has 0 atom stereocenters. The SMILES string of the molecule is COc1ccc(CCNc2cc(C)nc(-c3ccc(OC)nc3)n2)cc1. The number of anilines is 1.